The summed E-state index contributed by atoms with van der Waals surface area (Å²) in [6.07, 6.45) is 0. The van der Waals surface area contributed by atoms with Gasteiger partial charge in [0.05, 0.1) is 5.33 Å². The number of benzene rings is 5. The summed E-state index contributed by atoms with van der Waals surface area (Å²) in [5.41, 5.74) is 1.94. The summed E-state index contributed by atoms with van der Waals surface area (Å²) in [5.74, 6) is 0.101. The van der Waals surface area contributed by atoms with Gasteiger partial charge in [-0.3, -0.25) is 9.59 Å². The number of carbonyl (C=O) groups is 2. The molecule has 0 spiro atoms. The zero-order chi connectivity index (χ0) is 33.1. The molecule has 6 nitrogen and oxygen atoms in total. The number of hydrogen-bond donors (Lipinski definition) is 1. The molecule has 0 saturated carbocycles. The number of nitrogens with zero attached hydrogens (tertiary/aromatic N) is 1. The fraction of sp³-hybridized carbons (Fsp3) is 0.195. The lowest BCUT2D eigenvalue weighted by molar-refractivity contribution is 0.0921. The van der Waals surface area contributed by atoms with Crippen molar-refractivity contribution in [3.05, 3.63) is 168 Å². The summed E-state index contributed by atoms with van der Waals surface area (Å²) in [6.45, 7) is 0.0712. The molecule has 0 atom stereocenters. The van der Waals surface area contributed by atoms with Gasteiger partial charge in [-0.2, -0.15) is 0 Å². The van der Waals surface area contributed by atoms with Crippen LogP contribution in [0.15, 0.2) is 139 Å². The average molecular weight is 809 g/mol. The van der Waals surface area contributed by atoms with Crippen LogP contribution in [-0.2, 0) is 0 Å². The first-order chi connectivity index (χ1) is 22.3. The van der Waals surface area contributed by atoms with Crippen LogP contribution in [0.1, 0.15) is 63.4 Å². The molecule has 0 radical (unpaired) electrons. The number of hydrogen-bond acceptors (Lipinski definition) is 6. The predicted molar refractivity (Wildman–Crippen MR) is 215 cm³/mol. The molecule has 52 heavy (non-hydrogen) atoms. The van der Waals surface area contributed by atoms with Gasteiger partial charge in [0, 0.05) is 16.7 Å². The lowest BCUT2D eigenvalue weighted by Crippen LogP contribution is -2.13. The van der Waals surface area contributed by atoms with Crippen LogP contribution in [0.25, 0.3) is 0 Å². The van der Waals surface area contributed by atoms with Crippen molar-refractivity contribution >= 4 is 45.6 Å². The van der Waals surface area contributed by atoms with Gasteiger partial charge in [-0.15, -0.1) is 12.4 Å². The third kappa shape index (κ3) is 19.5. The second-order valence-electron chi connectivity index (χ2n) is 9.25. The number of para-hydroxylation sites is 2. The van der Waals surface area contributed by atoms with E-state index in [-0.39, 0.29) is 97.1 Å². The number of ketones is 2. The molecule has 0 fully saturated rings. The molecule has 284 valence electrons. The lowest BCUT2D eigenvalue weighted by Gasteiger charge is -2.07. The highest BCUT2D eigenvalue weighted by molar-refractivity contribution is 9.09. The van der Waals surface area contributed by atoms with Gasteiger partial charge < -0.3 is 14.7 Å². The van der Waals surface area contributed by atoms with Crippen LogP contribution < -0.4 is 9.47 Å². The van der Waals surface area contributed by atoms with E-state index in [2.05, 4.69) is 21.1 Å². The van der Waals surface area contributed by atoms with Crippen molar-refractivity contribution in [3.8, 4) is 11.5 Å². The minimum atomic E-state index is -0.356. The SMILES string of the molecule is C.C.C.C.C.Cl.O/N=C(\COc1ccccc1)c1ccc(F)cc1.O=C(CBr)c1ccc(F)cc1.O=C(COc1ccccc1)c1ccc(F)cc1. The van der Waals surface area contributed by atoms with Crippen molar-refractivity contribution in [3.63, 3.8) is 0 Å². The highest BCUT2D eigenvalue weighted by Gasteiger charge is 2.07. The number of rotatable bonds is 10. The highest BCUT2D eigenvalue weighted by atomic mass is 79.9. The molecule has 11 heteroatoms. The van der Waals surface area contributed by atoms with E-state index in [1.807, 2.05) is 36.4 Å². The predicted octanol–water partition coefficient (Wildman–Crippen LogP) is 12.2. The Hall–Kier alpha value is -4.93. The Morgan fingerprint density at radius 2 is 0.846 bits per heavy atom. The zero-order valence-electron chi connectivity index (χ0n) is 24.8. The van der Waals surface area contributed by atoms with Crippen LogP contribution in [0.4, 0.5) is 13.2 Å². The molecular formula is C41H50BrClF3NO5. The smallest absolute Gasteiger partial charge is 0.200 e. The molecule has 0 aliphatic rings. The molecular weight excluding hydrogens is 759 g/mol. The minimum absolute atomic E-state index is 0. The van der Waals surface area contributed by atoms with E-state index in [1.165, 1.54) is 60.7 Å². The maximum atomic E-state index is 12.8. The molecule has 5 aromatic rings. The van der Waals surface area contributed by atoms with E-state index < -0.39 is 0 Å². The third-order valence-corrected chi connectivity index (χ3v) is 6.49. The number of carbonyl (C=O) groups excluding carboxylic acids is 2. The molecule has 0 aliphatic carbocycles. The highest BCUT2D eigenvalue weighted by Crippen LogP contribution is 2.12. The van der Waals surface area contributed by atoms with Crippen LogP contribution in [0, 0.1) is 17.5 Å². The molecule has 5 aromatic carbocycles. The van der Waals surface area contributed by atoms with Crippen molar-refractivity contribution in [1.29, 1.82) is 0 Å². The average Bonchev–Trinajstić information content (AvgIpc) is 3.10. The number of Topliss-reactive ketones (excluding diaryl/α,β-unsaturated/α-hetero) is 2. The van der Waals surface area contributed by atoms with Crippen molar-refractivity contribution < 1.29 is 37.4 Å². The topological polar surface area (TPSA) is 85.2 Å². The Morgan fingerprint density at radius 3 is 1.19 bits per heavy atom. The molecule has 0 heterocycles. The van der Waals surface area contributed by atoms with Crippen molar-refractivity contribution in [2.45, 2.75) is 37.1 Å². The van der Waals surface area contributed by atoms with Crippen LogP contribution in [0.3, 0.4) is 0 Å². The van der Waals surface area contributed by atoms with Crippen molar-refractivity contribution in [2.24, 2.45) is 5.16 Å². The summed E-state index contributed by atoms with van der Waals surface area (Å²) in [6, 6.07) is 34.9. The number of oxime groups is 1. The van der Waals surface area contributed by atoms with Gasteiger partial charge in [0.15, 0.2) is 18.2 Å². The van der Waals surface area contributed by atoms with Crippen LogP contribution in [-0.4, -0.2) is 41.0 Å². The first-order valence-electron chi connectivity index (χ1n) is 13.7. The third-order valence-electron chi connectivity index (χ3n) is 5.98. The first-order valence-corrected chi connectivity index (χ1v) is 14.9. The molecule has 0 amide bonds. The maximum absolute atomic E-state index is 12.8. The van der Waals surface area contributed by atoms with Crippen molar-refractivity contribution in [1.82, 2.24) is 0 Å². The Kier molecular flexibility index (Phi) is 30.8. The monoisotopic (exact) mass is 807 g/mol. The second kappa shape index (κ2) is 29.8. The summed E-state index contributed by atoms with van der Waals surface area (Å²) in [4.78, 5) is 22.6. The Balaban J connectivity index is -0.000000322. The Bertz CT molecular complexity index is 1680. The van der Waals surface area contributed by atoms with Crippen LogP contribution in [0.5, 0.6) is 11.5 Å². The van der Waals surface area contributed by atoms with Gasteiger partial charge in [-0.25, -0.2) is 13.2 Å². The summed E-state index contributed by atoms with van der Waals surface area (Å²) in [7, 11) is 0. The van der Waals surface area contributed by atoms with E-state index >= 15 is 0 Å². The molecule has 1 N–H and O–H groups in total. The van der Waals surface area contributed by atoms with E-state index in [9.17, 15) is 22.8 Å². The molecule has 0 aliphatic heterocycles. The summed E-state index contributed by atoms with van der Waals surface area (Å²) in [5, 5.41) is 12.4. The van der Waals surface area contributed by atoms with Gasteiger partial charge in [-0.1, -0.05) is 94.6 Å². The normalized spacial score (nSPS) is 9.19. The van der Waals surface area contributed by atoms with E-state index in [0.717, 1.165) is 0 Å². The number of ether oxygens (including phenoxy) is 2. The number of alkyl halides is 1. The number of halogens is 5. The second-order valence-corrected chi connectivity index (χ2v) is 9.81. The molecule has 0 aromatic heterocycles. The molecule has 0 unspecified atom stereocenters. The minimum Gasteiger partial charge on any atom is -0.487 e. The standard InChI is InChI=1S/C14H12FNO2.C14H11FO2.C8H6BrFO.5CH4.ClH/c15-12-8-6-11(7-9-12)14(16-17)10-18-13-4-2-1-3-5-13;15-12-8-6-11(7-9-12)14(16)10-17-13-4-2-1-3-5-13;9-5-8(11)6-1-3-7(10)4-2-6;;;;;;/h1-9,17H,10H2;1-9H,10H2;1-4H,5H2;5*1H4;1H/b16-14+;;;;;;;;. The summed E-state index contributed by atoms with van der Waals surface area (Å²) >= 11 is 3.03. The van der Waals surface area contributed by atoms with E-state index in [4.69, 9.17) is 14.7 Å². The maximum Gasteiger partial charge on any atom is 0.200 e. The largest absolute Gasteiger partial charge is 0.487 e. The van der Waals surface area contributed by atoms with Gasteiger partial charge in [0.2, 0.25) is 0 Å². The van der Waals surface area contributed by atoms with Crippen LogP contribution >= 0.6 is 28.3 Å². The van der Waals surface area contributed by atoms with Crippen LogP contribution in [0.2, 0.25) is 0 Å². The molecule has 0 bridgehead atoms. The first kappa shape index (κ1) is 53.9. The summed E-state index contributed by atoms with van der Waals surface area (Å²) < 4.78 is 48.5. The fourth-order valence-corrected chi connectivity index (χ4v) is 3.90. The van der Waals surface area contributed by atoms with Gasteiger partial charge in [0.25, 0.3) is 0 Å². The van der Waals surface area contributed by atoms with Gasteiger partial charge in [-0.05, 0) is 97.1 Å². The van der Waals surface area contributed by atoms with E-state index in [1.54, 1.807) is 36.4 Å². The Labute approximate surface area is 321 Å². The zero-order valence-corrected chi connectivity index (χ0v) is 27.2. The Morgan fingerprint density at radius 1 is 0.519 bits per heavy atom. The van der Waals surface area contributed by atoms with E-state index in [0.29, 0.717) is 33.9 Å². The lowest BCUT2D eigenvalue weighted by atomic mass is 10.1. The van der Waals surface area contributed by atoms with Gasteiger partial charge in [0.1, 0.15) is 41.3 Å². The van der Waals surface area contributed by atoms with Gasteiger partial charge >= 0.3 is 0 Å². The van der Waals surface area contributed by atoms with Crippen molar-refractivity contribution in [2.75, 3.05) is 18.5 Å². The molecule has 5 rings (SSSR count). The fourth-order valence-electron chi connectivity index (χ4n) is 3.58. The quantitative estimate of drug-likeness (QED) is 0.0499. The molecule has 0 saturated heterocycles.